The maximum Gasteiger partial charge on any atom is 0.239 e. The van der Waals surface area contributed by atoms with Gasteiger partial charge < -0.3 is 20.1 Å². The summed E-state index contributed by atoms with van der Waals surface area (Å²) in [5.74, 6) is 0.919. The van der Waals surface area contributed by atoms with Crippen molar-refractivity contribution in [1.82, 2.24) is 5.32 Å². The molecule has 3 rings (SSSR count). The van der Waals surface area contributed by atoms with Crippen LogP contribution < -0.4 is 20.1 Å². The Morgan fingerprint density at radius 1 is 1.20 bits per heavy atom. The minimum Gasteiger partial charge on any atom is -0.486 e. The van der Waals surface area contributed by atoms with Crippen molar-refractivity contribution in [3.63, 3.8) is 0 Å². The molecule has 2 aromatic carbocycles. The molecule has 1 amide bonds. The van der Waals surface area contributed by atoms with Crippen molar-refractivity contribution >= 4 is 27.5 Å². The molecular weight excluding hydrogens is 391 g/mol. The van der Waals surface area contributed by atoms with Gasteiger partial charge in [-0.25, -0.2) is 4.39 Å². The van der Waals surface area contributed by atoms with Crippen molar-refractivity contribution in [2.45, 2.75) is 13.5 Å². The summed E-state index contributed by atoms with van der Waals surface area (Å²) in [6.07, 6.45) is 0. The van der Waals surface area contributed by atoms with Gasteiger partial charge in [0, 0.05) is 23.2 Å². The zero-order chi connectivity index (χ0) is 17.8. The van der Waals surface area contributed by atoms with Crippen LogP contribution in [0.4, 0.5) is 10.1 Å². The second-order valence-electron chi connectivity index (χ2n) is 5.69. The molecule has 0 saturated heterocycles. The van der Waals surface area contributed by atoms with Crippen LogP contribution in [0.25, 0.3) is 0 Å². The van der Waals surface area contributed by atoms with E-state index in [-0.39, 0.29) is 18.3 Å². The van der Waals surface area contributed by atoms with Crippen molar-refractivity contribution in [2.75, 3.05) is 25.1 Å². The summed E-state index contributed by atoms with van der Waals surface area (Å²) in [4.78, 5) is 12.0. The number of hydrogen-bond donors (Lipinski definition) is 2. The van der Waals surface area contributed by atoms with Crippen LogP contribution >= 0.6 is 15.9 Å². The lowest BCUT2D eigenvalue weighted by Gasteiger charge is -2.20. The van der Waals surface area contributed by atoms with Gasteiger partial charge in [-0.05, 0) is 40.0 Å². The van der Waals surface area contributed by atoms with Crippen LogP contribution in [0.2, 0.25) is 0 Å². The lowest BCUT2D eigenvalue weighted by atomic mass is 10.1. The maximum absolute atomic E-state index is 13.2. The van der Waals surface area contributed by atoms with Crippen molar-refractivity contribution < 1.29 is 18.7 Å². The number of anilines is 1. The molecule has 132 valence electrons. The molecular formula is C18H18BrFN2O3. The molecule has 2 aromatic rings. The molecule has 0 unspecified atom stereocenters. The number of nitrogens with one attached hydrogen (secondary N) is 2. The van der Waals surface area contributed by atoms with E-state index in [1.807, 2.05) is 6.07 Å². The fourth-order valence-electron chi connectivity index (χ4n) is 2.45. The SMILES string of the molecule is Cc1cc(CNC(=O)CNc2cc3c(cc2Br)OCCO3)ccc1F. The number of hydrogen-bond acceptors (Lipinski definition) is 4. The number of aryl methyl sites for hydroxylation is 1. The van der Waals surface area contributed by atoms with Crippen LogP contribution in [0, 0.1) is 12.7 Å². The molecule has 1 heterocycles. The molecule has 1 aliphatic rings. The Kier molecular flexibility index (Phi) is 5.43. The molecule has 0 aromatic heterocycles. The number of benzene rings is 2. The Morgan fingerprint density at radius 2 is 1.92 bits per heavy atom. The number of amides is 1. The average Bonchev–Trinajstić information content (AvgIpc) is 2.61. The highest BCUT2D eigenvalue weighted by molar-refractivity contribution is 9.10. The molecule has 0 atom stereocenters. The molecule has 0 bridgehead atoms. The van der Waals surface area contributed by atoms with E-state index >= 15 is 0 Å². The minimum absolute atomic E-state index is 0.110. The lowest BCUT2D eigenvalue weighted by Crippen LogP contribution is -2.29. The van der Waals surface area contributed by atoms with Crippen molar-refractivity contribution in [3.05, 3.63) is 51.7 Å². The largest absolute Gasteiger partial charge is 0.486 e. The van der Waals surface area contributed by atoms with E-state index in [4.69, 9.17) is 9.47 Å². The van der Waals surface area contributed by atoms with Gasteiger partial charge in [-0.3, -0.25) is 4.79 Å². The Labute approximate surface area is 153 Å². The Morgan fingerprint density at radius 3 is 2.64 bits per heavy atom. The summed E-state index contributed by atoms with van der Waals surface area (Å²) in [6.45, 7) is 3.19. The number of fused-ring (bicyclic) bond motifs is 1. The average molecular weight is 409 g/mol. The highest BCUT2D eigenvalue weighted by Crippen LogP contribution is 2.37. The first kappa shape index (κ1) is 17.5. The van der Waals surface area contributed by atoms with Crippen LogP contribution in [-0.4, -0.2) is 25.7 Å². The number of ether oxygens (including phenoxy) is 2. The number of carbonyl (C=O) groups is 1. The van der Waals surface area contributed by atoms with E-state index in [1.54, 1.807) is 25.1 Å². The molecule has 7 heteroatoms. The second-order valence-corrected chi connectivity index (χ2v) is 6.54. The summed E-state index contributed by atoms with van der Waals surface area (Å²) < 4.78 is 25.1. The van der Waals surface area contributed by atoms with Crippen molar-refractivity contribution in [3.8, 4) is 11.5 Å². The fraction of sp³-hybridized carbons (Fsp3) is 0.278. The Hall–Kier alpha value is -2.28. The highest BCUT2D eigenvalue weighted by Gasteiger charge is 2.15. The summed E-state index contributed by atoms with van der Waals surface area (Å²) >= 11 is 3.45. The van der Waals surface area contributed by atoms with Gasteiger partial charge in [-0.15, -0.1) is 0 Å². The first-order valence-corrected chi connectivity index (χ1v) is 8.67. The first-order valence-electron chi connectivity index (χ1n) is 7.87. The fourth-order valence-corrected chi connectivity index (χ4v) is 2.92. The smallest absolute Gasteiger partial charge is 0.239 e. The zero-order valence-electron chi connectivity index (χ0n) is 13.7. The normalized spacial score (nSPS) is 12.6. The Bertz CT molecular complexity index is 798. The first-order chi connectivity index (χ1) is 12.0. The Balaban J connectivity index is 1.54. The topological polar surface area (TPSA) is 59.6 Å². The molecule has 25 heavy (non-hydrogen) atoms. The van der Waals surface area contributed by atoms with E-state index in [2.05, 4.69) is 26.6 Å². The molecule has 5 nitrogen and oxygen atoms in total. The molecule has 2 N–H and O–H groups in total. The summed E-state index contributed by atoms with van der Waals surface area (Å²) in [5.41, 5.74) is 2.16. The minimum atomic E-state index is -0.250. The second kappa shape index (κ2) is 7.74. The monoisotopic (exact) mass is 408 g/mol. The zero-order valence-corrected chi connectivity index (χ0v) is 15.3. The van der Waals surface area contributed by atoms with Gasteiger partial charge in [0.05, 0.1) is 12.2 Å². The predicted molar refractivity (Wildman–Crippen MR) is 96.6 cm³/mol. The van der Waals surface area contributed by atoms with Gasteiger partial charge >= 0.3 is 0 Å². The van der Waals surface area contributed by atoms with Gasteiger partial charge in [0.2, 0.25) is 5.91 Å². The highest BCUT2D eigenvalue weighted by atomic mass is 79.9. The molecule has 0 radical (unpaired) electrons. The van der Waals surface area contributed by atoms with E-state index in [0.717, 1.165) is 15.7 Å². The van der Waals surface area contributed by atoms with Gasteiger partial charge in [0.15, 0.2) is 11.5 Å². The van der Waals surface area contributed by atoms with Crippen molar-refractivity contribution in [1.29, 1.82) is 0 Å². The molecule has 0 saturated carbocycles. The number of carbonyl (C=O) groups excluding carboxylic acids is 1. The summed E-state index contributed by atoms with van der Waals surface area (Å²) in [5, 5.41) is 5.87. The van der Waals surface area contributed by atoms with E-state index in [1.165, 1.54) is 6.07 Å². The third kappa shape index (κ3) is 4.42. The number of rotatable bonds is 5. The van der Waals surface area contributed by atoms with Crippen LogP contribution in [0.15, 0.2) is 34.8 Å². The lowest BCUT2D eigenvalue weighted by molar-refractivity contribution is -0.119. The van der Waals surface area contributed by atoms with Crippen LogP contribution in [-0.2, 0) is 11.3 Å². The number of halogens is 2. The van der Waals surface area contributed by atoms with Gasteiger partial charge in [0.1, 0.15) is 19.0 Å². The van der Waals surface area contributed by atoms with Gasteiger partial charge in [0.25, 0.3) is 0 Å². The summed E-state index contributed by atoms with van der Waals surface area (Å²) in [6, 6.07) is 8.40. The van der Waals surface area contributed by atoms with Gasteiger partial charge in [-0.2, -0.15) is 0 Å². The van der Waals surface area contributed by atoms with E-state index < -0.39 is 0 Å². The van der Waals surface area contributed by atoms with Crippen molar-refractivity contribution in [2.24, 2.45) is 0 Å². The van der Waals surface area contributed by atoms with Crippen LogP contribution in [0.1, 0.15) is 11.1 Å². The standard InChI is InChI=1S/C18H18BrFN2O3/c1-11-6-12(2-3-14(11)20)9-22-18(23)10-21-15-8-17-16(7-13(15)19)24-4-5-25-17/h2-3,6-8,21H,4-5,9-10H2,1H3,(H,22,23). The van der Waals surface area contributed by atoms with Gasteiger partial charge in [-0.1, -0.05) is 12.1 Å². The molecule has 0 fully saturated rings. The maximum atomic E-state index is 13.2. The van der Waals surface area contributed by atoms with E-state index in [0.29, 0.717) is 36.8 Å². The van der Waals surface area contributed by atoms with E-state index in [9.17, 15) is 9.18 Å². The summed E-state index contributed by atoms with van der Waals surface area (Å²) in [7, 11) is 0. The molecule has 0 aliphatic carbocycles. The predicted octanol–water partition coefficient (Wildman–Crippen LogP) is 3.40. The quantitative estimate of drug-likeness (QED) is 0.795. The third-order valence-electron chi connectivity index (χ3n) is 3.78. The third-order valence-corrected chi connectivity index (χ3v) is 4.44. The molecule has 1 aliphatic heterocycles. The molecule has 0 spiro atoms. The van der Waals surface area contributed by atoms with Crippen LogP contribution in [0.5, 0.6) is 11.5 Å². The van der Waals surface area contributed by atoms with Crippen LogP contribution in [0.3, 0.4) is 0 Å².